The van der Waals surface area contributed by atoms with Crippen LogP contribution in [0.25, 0.3) is 0 Å². The van der Waals surface area contributed by atoms with Crippen LogP contribution in [0.3, 0.4) is 0 Å². The number of aromatic amines is 2. The van der Waals surface area contributed by atoms with Crippen molar-refractivity contribution in [2.75, 3.05) is 11.5 Å². The van der Waals surface area contributed by atoms with Crippen molar-refractivity contribution in [2.24, 2.45) is 0 Å². The molecule has 0 aliphatic carbocycles. The highest BCUT2D eigenvalue weighted by Crippen LogP contribution is 2.31. The molecule has 0 spiro atoms. The molecule has 0 bridgehead atoms. The van der Waals surface area contributed by atoms with E-state index in [1.54, 1.807) is 0 Å². The minimum Gasteiger partial charge on any atom is -0.346 e. The summed E-state index contributed by atoms with van der Waals surface area (Å²) in [4.78, 5) is 15.4. The van der Waals surface area contributed by atoms with Crippen molar-refractivity contribution in [1.82, 2.24) is 19.9 Å². The molecule has 2 aromatic heterocycles. The molecule has 0 aliphatic rings. The maximum atomic E-state index is 4.39. The molecule has 0 aromatic carbocycles. The Balaban J connectivity index is 1.68. The minimum atomic E-state index is 0.461. The Morgan fingerprint density at radius 3 is 1.60 bits per heavy atom. The van der Waals surface area contributed by atoms with E-state index in [1.165, 1.54) is 0 Å². The third-order valence-electron chi connectivity index (χ3n) is 3.10. The van der Waals surface area contributed by atoms with Gasteiger partial charge in [0.15, 0.2) is 0 Å². The Labute approximate surface area is 128 Å². The number of H-pyrrole nitrogens is 2. The first-order valence-electron chi connectivity index (χ1n) is 6.83. The minimum absolute atomic E-state index is 0.461. The number of hydrogen-bond acceptors (Lipinski definition) is 4. The molecule has 4 nitrogen and oxygen atoms in total. The van der Waals surface area contributed by atoms with Gasteiger partial charge in [0, 0.05) is 47.1 Å². The topological polar surface area (TPSA) is 57.4 Å². The van der Waals surface area contributed by atoms with Crippen molar-refractivity contribution in [2.45, 2.75) is 39.5 Å². The lowest BCUT2D eigenvalue weighted by Crippen LogP contribution is -2.01. The van der Waals surface area contributed by atoms with Gasteiger partial charge in [-0.15, -0.1) is 0 Å². The Bertz CT molecular complexity index is 487. The number of aromatic nitrogens is 4. The molecular weight excluding hydrogens is 288 g/mol. The van der Waals surface area contributed by atoms with E-state index >= 15 is 0 Å². The van der Waals surface area contributed by atoms with E-state index in [0.717, 1.165) is 34.5 Å². The van der Waals surface area contributed by atoms with Crippen LogP contribution < -0.4 is 0 Å². The zero-order valence-corrected chi connectivity index (χ0v) is 14.1. The maximum Gasteiger partial charge on any atom is 0.109 e. The van der Waals surface area contributed by atoms with Gasteiger partial charge < -0.3 is 9.97 Å². The largest absolute Gasteiger partial charge is 0.346 e. The van der Waals surface area contributed by atoms with Crippen molar-refractivity contribution < 1.29 is 0 Å². The molecule has 20 heavy (non-hydrogen) atoms. The molecule has 2 atom stereocenters. The Morgan fingerprint density at radius 1 is 0.900 bits per heavy atom. The molecule has 2 unspecified atom stereocenters. The molecule has 2 heterocycles. The van der Waals surface area contributed by atoms with Crippen LogP contribution in [-0.4, -0.2) is 31.4 Å². The van der Waals surface area contributed by atoms with Crippen molar-refractivity contribution in [3.8, 4) is 0 Å². The lowest BCUT2D eigenvalue weighted by atomic mass is 10.2. The van der Waals surface area contributed by atoms with Crippen molar-refractivity contribution in [3.05, 3.63) is 35.4 Å². The number of nitrogens with one attached hydrogen (secondary N) is 2. The Morgan fingerprint density at radius 2 is 1.30 bits per heavy atom. The predicted molar refractivity (Wildman–Crippen MR) is 88.4 cm³/mol. The molecule has 0 fully saturated rings. The third-order valence-corrected chi connectivity index (χ3v) is 5.85. The summed E-state index contributed by atoms with van der Waals surface area (Å²) in [6, 6.07) is 0. The molecule has 0 radical (unpaired) electrons. The van der Waals surface area contributed by atoms with Gasteiger partial charge >= 0.3 is 0 Å². The van der Waals surface area contributed by atoms with Crippen molar-refractivity contribution >= 4 is 21.6 Å². The average molecular weight is 310 g/mol. The third kappa shape index (κ3) is 4.31. The number of imidazole rings is 2. The Kier molecular flexibility index (Phi) is 5.60. The molecule has 0 aliphatic heterocycles. The number of aryl methyl sites for hydroxylation is 2. The van der Waals surface area contributed by atoms with E-state index < -0.39 is 0 Å². The molecule has 6 heteroatoms. The van der Waals surface area contributed by atoms with Crippen LogP contribution >= 0.6 is 21.6 Å². The summed E-state index contributed by atoms with van der Waals surface area (Å²) in [6.07, 6.45) is 3.79. The van der Waals surface area contributed by atoms with Gasteiger partial charge in [-0.2, -0.15) is 0 Å². The first kappa shape index (κ1) is 15.5. The van der Waals surface area contributed by atoms with Gasteiger partial charge in [0.25, 0.3) is 0 Å². The van der Waals surface area contributed by atoms with Gasteiger partial charge in [-0.05, 0) is 13.8 Å². The van der Waals surface area contributed by atoms with Gasteiger partial charge in [0.05, 0.1) is 0 Å². The first-order valence-corrected chi connectivity index (χ1v) is 9.32. The van der Waals surface area contributed by atoms with E-state index in [4.69, 9.17) is 0 Å². The standard InChI is InChI=1S/C14H22N4S2/c1-9(13-15-5-11(3)17-13)7-19-20-8-10(2)14-16-6-12(4)18-14/h5-6,9-10H,7-8H2,1-4H3,(H,15,17)(H,16,18). The van der Waals surface area contributed by atoms with Crippen LogP contribution in [0.1, 0.15) is 48.7 Å². The number of rotatable bonds is 7. The van der Waals surface area contributed by atoms with Gasteiger partial charge in [0.2, 0.25) is 0 Å². The molecule has 0 saturated carbocycles. The highest BCUT2D eigenvalue weighted by atomic mass is 33.1. The number of hydrogen-bond donors (Lipinski definition) is 2. The van der Waals surface area contributed by atoms with E-state index in [2.05, 4.69) is 33.8 Å². The summed E-state index contributed by atoms with van der Waals surface area (Å²) in [5.41, 5.74) is 2.26. The second kappa shape index (κ2) is 7.22. The zero-order chi connectivity index (χ0) is 14.5. The van der Waals surface area contributed by atoms with Crippen LogP contribution in [0.2, 0.25) is 0 Å². The average Bonchev–Trinajstić information content (AvgIpc) is 3.03. The van der Waals surface area contributed by atoms with E-state index in [0.29, 0.717) is 11.8 Å². The normalized spacial score (nSPS) is 14.4. The summed E-state index contributed by atoms with van der Waals surface area (Å²) in [7, 11) is 3.82. The van der Waals surface area contributed by atoms with E-state index in [9.17, 15) is 0 Å². The maximum absolute atomic E-state index is 4.39. The second-order valence-electron chi connectivity index (χ2n) is 5.27. The van der Waals surface area contributed by atoms with E-state index in [-0.39, 0.29) is 0 Å². The molecule has 2 rings (SSSR count). The Hall–Kier alpha value is -0.880. The van der Waals surface area contributed by atoms with Crippen molar-refractivity contribution in [1.29, 1.82) is 0 Å². The van der Waals surface area contributed by atoms with E-state index in [1.807, 2.05) is 47.8 Å². The molecule has 110 valence electrons. The molecular formula is C14H22N4S2. The van der Waals surface area contributed by atoms with Crippen LogP contribution in [-0.2, 0) is 0 Å². The van der Waals surface area contributed by atoms with Crippen LogP contribution in [0.4, 0.5) is 0 Å². The van der Waals surface area contributed by atoms with Crippen molar-refractivity contribution in [3.63, 3.8) is 0 Å². The fourth-order valence-electron chi connectivity index (χ4n) is 1.82. The summed E-state index contributed by atoms with van der Waals surface area (Å²) in [6.45, 7) is 8.51. The molecule has 2 aromatic rings. The van der Waals surface area contributed by atoms with Gasteiger partial charge in [-0.3, -0.25) is 0 Å². The first-order chi connectivity index (χ1) is 9.56. The fourth-order valence-corrected chi connectivity index (χ4v) is 4.54. The lowest BCUT2D eigenvalue weighted by Gasteiger charge is -2.10. The van der Waals surface area contributed by atoms with Crippen LogP contribution in [0.15, 0.2) is 12.4 Å². The zero-order valence-electron chi connectivity index (χ0n) is 12.4. The van der Waals surface area contributed by atoms with Gasteiger partial charge in [0.1, 0.15) is 11.6 Å². The number of nitrogens with zero attached hydrogens (tertiary/aromatic N) is 2. The fraction of sp³-hybridized carbons (Fsp3) is 0.571. The van der Waals surface area contributed by atoms with Crippen LogP contribution in [0, 0.1) is 13.8 Å². The van der Waals surface area contributed by atoms with Crippen LogP contribution in [0.5, 0.6) is 0 Å². The summed E-state index contributed by atoms with van der Waals surface area (Å²) >= 11 is 0. The molecule has 0 saturated heterocycles. The molecule has 0 amide bonds. The highest BCUT2D eigenvalue weighted by Gasteiger charge is 2.12. The predicted octanol–water partition coefficient (Wildman–Crippen LogP) is 4.04. The molecule has 2 N–H and O–H groups in total. The quantitative estimate of drug-likeness (QED) is 0.598. The lowest BCUT2D eigenvalue weighted by molar-refractivity contribution is 0.802. The summed E-state index contributed by atoms with van der Waals surface area (Å²) < 4.78 is 0. The SMILES string of the molecule is Cc1cnc(C(C)CSSCC(C)c2ncc(C)[nH]2)[nH]1. The summed E-state index contributed by atoms with van der Waals surface area (Å²) in [5, 5.41) is 0. The highest BCUT2D eigenvalue weighted by molar-refractivity contribution is 8.76. The second-order valence-corrected chi connectivity index (χ2v) is 7.83. The van der Waals surface area contributed by atoms with Gasteiger partial charge in [-0.25, -0.2) is 9.97 Å². The summed E-state index contributed by atoms with van der Waals surface area (Å²) in [5.74, 6) is 5.24. The smallest absolute Gasteiger partial charge is 0.109 e. The van der Waals surface area contributed by atoms with Gasteiger partial charge in [-0.1, -0.05) is 35.4 Å². The monoisotopic (exact) mass is 310 g/mol.